The summed E-state index contributed by atoms with van der Waals surface area (Å²) in [5.41, 5.74) is 1.45. The Hall–Kier alpha value is -2.20. The number of furan rings is 2. The second-order valence-electron chi connectivity index (χ2n) is 4.94. The molecule has 0 fully saturated rings. The van der Waals surface area contributed by atoms with Gasteiger partial charge in [-0.25, -0.2) is 0 Å². The van der Waals surface area contributed by atoms with E-state index in [1.807, 2.05) is 13.0 Å². The molecule has 0 radical (unpaired) electrons. The van der Waals surface area contributed by atoms with Gasteiger partial charge in [0.25, 0.3) is 5.91 Å². The summed E-state index contributed by atoms with van der Waals surface area (Å²) in [5.74, 6) is 0.875. The lowest BCUT2D eigenvalue weighted by Gasteiger charge is -2.14. The molecule has 3 rings (SSSR count). The minimum Gasteiger partial charge on any atom is -0.467 e. The Morgan fingerprint density at radius 2 is 2.14 bits per heavy atom. The fourth-order valence-corrected chi connectivity index (χ4v) is 2.45. The zero-order valence-corrected chi connectivity index (χ0v) is 12.5. The van der Waals surface area contributed by atoms with Crippen molar-refractivity contribution in [2.24, 2.45) is 0 Å². The average molecular weight is 304 g/mol. The van der Waals surface area contributed by atoms with Gasteiger partial charge in [-0.3, -0.25) is 4.79 Å². The van der Waals surface area contributed by atoms with Gasteiger partial charge in [0.1, 0.15) is 11.3 Å². The van der Waals surface area contributed by atoms with E-state index in [0.29, 0.717) is 22.9 Å². The normalized spacial score (nSPS) is 11.0. The number of hydrogen-bond donors (Lipinski definition) is 0. The second kappa shape index (κ2) is 5.30. The van der Waals surface area contributed by atoms with E-state index in [1.54, 1.807) is 42.5 Å². The first-order valence-electron chi connectivity index (χ1n) is 6.53. The highest BCUT2D eigenvalue weighted by Crippen LogP contribution is 2.28. The molecule has 21 heavy (non-hydrogen) atoms. The third-order valence-electron chi connectivity index (χ3n) is 3.41. The maximum absolute atomic E-state index is 12.5. The Balaban J connectivity index is 1.92. The molecule has 0 aliphatic carbocycles. The van der Waals surface area contributed by atoms with Crippen LogP contribution in [0.5, 0.6) is 0 Å². The Morgan fingerprint density at radius 3 is 2.86 bits per heavy atom. The molecule has 5 heteroatoms. The number of halogens is 1. The van der Waals surface area contributed by atoms with Gasteiger partial charge >= 0.3 is 0 Å². The molecular formula is C16H14ClNO3. The summed E-state index contributed by atoms with van der Waals surface area (Å²) in [4.78, 5) is 14.1. The highest BCUT2D eigenvalue weighted by molar-refractivity contribution is 6.31. The van der Waals surface area contributed by atoms with Crippen LogP contribution in [0.15, 0.2) is 45.4 Å². The Labute approximate surface area is 126 Å². The number of carbonyl (C=O) groups is 1. The van der Waals surface area contributed by atoms with Gasteiger partial charge in [0.05, 0.1) is 12.8 Å². The third-order valence-corrected chi connectivity index (χ3v) is 3.65. The van der Waals surface area contributed by atoms with Crippen molar-refractivity contribution in [3.8, 4) is 0 Å². The SMILES string of the molecule is Cc1c(C(=O)N(C)Cc2ccco2)oc2ccc(Cl)cc12. The molecule has 0 aliphatic rings. The molecule has 1 aromatic carbocycles. The van der Waals surface area contributed by atoms with Crippen molar-refractivity contribution in [3.05, 3.63) is 58.7 Å². The maximum atomic E-state index is 12.5. The number of rotatable bonds is 3. The number of fused-ring (bicyclic) bond motifs is 1. The molecular weight excluding hydrogens is 290 g/mol. The van der Waals surface area contributed by atoms with Crippen molar-refractivity contribution < 1.29 is 13.6 Å². The number of aryl methyl sites for hydroxylation is 1. The lowest BCUT2D eigenvalue weighted by atomic mass is 10.1. The predicted molar refractivity (Wildman–Crippen MR) is 80.5 cm³/mol. The number of carbonyl (C=O) groups excluding carboxylic acids is 1. The molecule has 1 amide bonds. The molecule has 3 aromatic rings. The largest absolute Gasteiger partial charge is 0.467 e. The van der Waals surface area contributed by atoms with E-state index in [1.165, 1.54) is 0 Å². The number of benzene rings is 1. The minimum atomic E-state index is -0.184. The standard InChI is InChI=1S/C16H14ClNO3/c1-10-13-8-11(17)5-6-14(13)21-15(10)16(19)18(2)9-12-4-3-7-20-12/h3-8H,9H2,1-2H3. The summed E-state index contributed by atoms with van der Waals surface area (Å²) in [7, 11) is 1.71. The summed E-state index contributed by atoms with van der Waals surface area (Å²) in [5, 5.41) is 1.48. The molecule has 0 bridgehead atoms. The zero-order chi connectivity index (χ0) is 15.0. The minimum absolute atomic E-state index is 0.184. The van der Waals surface area contributed by atoms with Crippen LogP contribution in [0, 0.1) is 6.92 Å². The molecule has 0 unspecified atom stereocenters. The number of nitrogens with zero attached hydrogens (tertiary/aromatic N) is 1. The van der Waals surface area contributed by atoms with Crippen LogP contribution in [-0.4, -0.2) is 17.9 Å². The van der Waals surface area contributed by atoms with Gasteiger partial charge < -0.3 is 13.7 Å². The molecule has 4 nitrogen and oxygen atoms in total. The summed E-state index contributed by atoms with van der Waals surface area (Å²) in [6.07, 6.45) is 1.59. The van der Waals surface area contributed by atoms with E-state index in [2.05, 4.69) is 0 Å². The van der Waals surface area contributed by atoms with Crippen molar-refractivity contribution in [2.45, 2.75) is 13.5 Å². The van der Waals surface area contributed by atoms with E-state index in [0.717, 1.165) is 16.7 Å². The topological polar surface area (TPSA) is 46.6 Å². The fraction of sp³-hybridized carbons (Fsp3) is 0.188. The first-order valence-corrected chi connectivity index (χ1v) is 6.90. The highest BCUT2D eigenvalue weighted by Gasteiger charge is 2.21. The van der Waals surface area contributed by atoms with Gasteiger partial charge in [0.15, 0.2) is 5.76 Å². The lowest BCUT2D eigenvalue weighted by molar-refractivity contribution is 0.0745. The van der Waals surface area contributed by atoms with Gasteiger partial charge in [-0.05, 0) is 37.3 Å². The highest BCUT2D eigenvalue weighted by atomic mass is 35.5. The van der Waals surface area contributed by atoms with Crippen molar-refractivity contribution in [1.82, 2.24) is 4.90 Å². The molecule has 0 saturated carbocycles. The smallest absolute Gasteiger partial charge is 0.290 e. The maximum Gasteiger partial charge on any atom is 0.290 e. The molecule has 0 aliphatic heterocycles. The first kappa shape index (κ1) is 13.8. The predicted octanol–water partition coefficient (Wildman–Crippen LogP) is 4.26. The van der Waals surface area contributed by atoms with E-state index in [9.17, 15) is 4.79 Å². The van der Waals surface area contributed by atoms with E-state index in [-0.39, 0.29) is 5.91 Å². The van der Waals surface area contributed by atoms with Crippen LogP contribution in [-0.2, 0) is 6.54 Å². The van der Waals surface area contributed by atoms with Crippen LogP contribution < -0.4 is 0 Å². The monoisotopic (exact) mass is 303 g/mol. The molecule has 0 saturated heterocycles. The van der Waals surface area contributed by atoms with Crippen molar-refractivity contribution in [3.63, 3.8) is 0 Å². The molecule has 2 heterocycles. The Kier molecular flexibility index (Phi) is 3.47. The van der Waals surface area contributed by atoms with Crippen LogP contribution in [0.3, 0.4) is 0 Å². The van der Waals surface area contributed by atoms with Crippen molar-refractivity contribution in [1.29, 1.82) is 0 Å². The summed E-state index contributed by atoms with van der Waals surface area (Å²) in [6.45, 7) is 2.25. The molecule has 0 atom stereocenters. The molecule has 108 valence electrons. The molecule has 2 aromatic heterocycles. The average Bonchev–Trinajstić information content (AvgIpc) is 3.07. The van der Waals surface area contributed by atoms with Gasteiger partial charge in [-0.2, -0.15) is 0 Å². The molecule has 0 N–H and O–H groups in total. The van der Waals surface area contributed by atoms with Gasteiger partial charge in [0, 0.05) is 23.0 Å². The lowest BCUT2D eigenvalue weighted by Crippen LogP contribution is -2.26. The van der Waals surface area contributed by atoms with Gasteiger partial charge in [0.2, 0.25) is 0 Å². The van der Waals surface area contributed by atoms with Crippen molar-refractivity contribution >= 4 is 28.5 Å². The van der Waals surface area contributed by atoms with Crippen LogP contribution in [0.25, 0.3) is 11.0 Å². The van der Waals surface area contributed by atoms with E-state index < -0.39 is 0 Å². The number of amides is 1. The summed E-state index contributed by atoms with van der Waals surface area (Å²) < 4.78 is 10.9. The number of hydrogen-bond acceptors (Lipinski definition) is 3. The van der Waals surface area contributed by atoms with E-state index in [4.69, 9.17) is 20.4 Å². The molecule has 0 spiro atoms. The van der Waals surface area contributed by atoms with Crippen molar-refractivity contribution in [2.75, 3.05) is 7.05 Å². The van der Waals surface area contributed by atoms with Gasteiger partial charge in [-0.1, -0.05) is 11.6 Å². The van der Waals surface area contributed by atoms with Crippen LogP contribution >= 0.6 is 11.6 Å². The quantitative estimate of drug-likeness (QED) is 0.726. The Bertz CT molecular complexity index is 789. The fourth-order valence-electron chi connectivity index (χ4n) is 2.28. The van der Waals surface area contributed by atoms with Crippen LogP contribution in [0.1, 0.15) is 21.9 Å². The summed E-state index contributed by atoms with van der Waals surface area (Å²) >= 11 is 5.99. The van der Waals surface area contributed by atoms with Gasteiger partial charge in [-0.15, -0.1) is 0 Å². The van der Waals surface area contributed by atoms with Crippen LogP contribution in [0.4, 0.5) is 0 Å². The third kappa shape index (κ3) is 2.54. The Morgan fingerprint density at radius 1 is 1.33 bits per heavy atom. The van der Waals surface area contributed by atoms with Crippen LogP contribution in [0.2, 0.25) is 5.02 Å². The summed E-state index contributed by atoms with van der Waals surface area (Å²) in [6, 6.07) is 8.94. The van der Waals surface area contributed by atoms with E-state index >= 15 is 0 Å². The zero-order valence-electron chi connectivity index (χ0n) is 11.7. The second-order valence-corrected chi connectivity index (χ2v) is 5.37. The first-order chi connectivity index (χ1) is 10.1.